The maximum Gasteiger partial charge on any atom is 0.153 e. The van der Waals surface area contributed by atoms with E-state index in [1.165, 1.54) is 13.2 Å². The fourth-order valence-electron chi connectivity index (χ4n) is 2.00. The second-order valence-electron chi connectivity index (χ2n) is 4.16. The van der Waals surface area contributed by atoms with E-state index in [2.05, 4.69) is 10.1 Å². The van der Waals surface area contributed by atoms with Gasteiger partial charge in [-0.15, -0.1) is 0 Å². The molecule has 0 fully saturated rings. The number of benzene rings is 1. The molecule has 2 aromatic heterocycles. The summed E-state index contributed by atoms with van der Waals surface area (Å²) >= 11 is 0. The van der Waals surface area contributed by atoms with Gasteiger partial charge in [0.1, 0.15) is 11.6 Å². The second kappa shape index (κ2) is 5.13. The molecule has 0 amide bonds. The minimum Gasteiger partial charge on any atom is -0.497 e. The van der Waals surface area contributed by atoms with Gasteiger partial charge in [-0.25, -0.2) is 14.1 Å². The molecule has 20 heavy (non-hydrogen) atoms. The van der Waals surface area contributed by atoms with E-state index in [0.29, 0.717) is 22.8 Å². The van der Waals surface area contributed by atoms with Gasteiger partial charge >= 0.3 is 0 Å². The lowest BCUT2D eigenvalue weighted by Crippen LogP contribution is -2.02. The molecule has 4 nitrogen and oxygen atoms in total. The molecule has 0 saturated carbocycles. The molecular formula is C15H12FN3O. The van der Waals surface area contributed by atoms with Crippen molar-refractivity contribution < 1.29 is 9.13 Å². The van der Waals surface area contributed by atoms with Crippen molar-refractivity contribution in [2.45, 2.75) is 0 Å². The Morgan fingerprint density at radius 1 is 1.10 bits per heavy atom. The van der Waals surface area contributed by atoms with Gasteiger partial charge in [-0.2, -0.15) is 5.10 Å². The number of ether oxygens (including phenoxy) is 1. The van der Waals surface area contributed by atoms with Crippen molar-refractivity contribution >= 4 is 0 Å². The van der Waals surface area contributed by atoms with Crippen molar-refractivity contribution in [3.05, 3.63) is 60.7 Å². The number of pyridine rings is 1. The molecule has 0 spiro atoms. The second-order valence-corrected chi connectivity index (χ2v) is 4.16. The average Bonchev–Trinajstić information content (AvgIpc) is 2.97. The van der Waals surface area contributed by atoms with Crippen LogP contribution in [0.5, 0.6) is 5.75 Å². The topological polar surface area (TPSA) is 39.9 Å². The third kappa shape index (κ3) is 2.14. The van der Waals surface area contributed by atoms with E-state index in [9.17, 15) is 4.39 Å². The Hall–Kier alpha value is -2.69. The maximum atomic E-state index is 14.2. The fourth-order valence-corrected chi connectivity index (χ4v) is 2.00. The monoisotopic (exact) mass is 269 g/mol. The average molecular weight is 269 g/mol. The van der Waals surface area contributed by atoms with Gasteiger partial charge < -0.3 is 4.74 Å². The molecule has 3 aromatic rings. The first-order chi connectivity index (χ1) is 9.79. The van der Waals surface area contributed by atoms with Crippen LogP contribution in [0.25, 0.3) is 17.1 Å². The van der Waals surface area contributed by atoms with E-state index in [0.717, 1.165) is 0 Å². The Balaban J connectivity index is 2.11. The normalized spacial score (nSPS) is 10.5. The molecule has 0 aliphatic heterocycles. The standard InChI is InChI=1S/C15H12FN3O/c1-20-11-5-6-12(13(16)10-11)14-7-9-18-19(14)15-4-2-3-8-17-15/h2-10H,1H3. The molecule has 0 saturated heterocycles. The summed E-state index contributed by atoms with van der Waals surface area (Å²) in [6.07, 6.45) is 3.29. The van der Waals surface area contributed by atoms with Crippen LogP contribution in [-0.2, 0) is 0 Å². The van der Waals surface area contributed by atoms with Gasteiger partial charge in [0.2, 0.25) is 0 Å². The number of methoxy groups -OCH3 is 1. The van der Waals surface area contributed by atoms with Gasteiger partial charge in [0.15, 0.2) is 5.82 Å². The molecule has 0 atom stereocenters. The van der Waals surface area contributed by atoms with Gasteiger partial charge in [-0.05, 0) is 30.3 Å². The summed E-state index contributed by atoms with van der Waals surface area (Å²) in [5.74, 6) is 0.764. The van der Waals surface area contributed by atoms with Gasteiger partial charge in [0.25, 0.3) is 0 Å². The Morgan fingerprint density at radius 2 is 2.00 bits per heavy atom. The zero-order chi connectivity index (χ0) is 13.9. The van der Waals surface area contributed by atoms with E-state index in [4.69, 9.17) is 4.74 Å². The van der Waals surface area contributed by atoms with Crippen LogP contribution < -0.4 is 4.74 Å². The van der Waals surface area contributed by atoms with Gasteiger partial charge in [0, 0.05) is 17.8 Å². The van der Waals surface area contributed by atoms with Crippen LogP contribution in [0.4, 0.5) is 4.39 Å². The molecule has 0 aliphatic rings. The molecule has 3 rings (SSSR count). The molecule has 100 valence electrons. The number of hydrogen-bond acceptors (Lipinski definition) is 3. The molecule has 0 aliphatic carbocycles. The van der Waals surface area contributed by atoms with E-state index >= 15 is 0 Å². The Bertz CT molecular complexity index is 725. The van der Waals surface area contributed by atoms with Crippen molar-refractivity contribution in [3.8, 4) is 22.8 Å². The summed E-state index contributed by atoms with van der Waals surface area (Å²) in [5.41, 5.74) is 1.10. The highest BCUT2D eigenvalue weighted by Gasteiger charge is 2.13. The van der Waals surface area contributed by atoms with Crippen LogP contribution >= 0.6 is 0 Å². The summed E-state index contributed by atoms with van der Waals surface area (Å²) in [6.45, 7) is 0. The van der Waals surface area contributed by atoms with Gasteiger partial charge in [-0.1, -0.05) is 6.07 Å². The maximum absolute atomic E-state index is 14.2. The quantitative estimate of drug-likeness (QED) is 0.733. The predicted octanol–water partition coefficient (Wildman–Crippen LogP) is 3.08. The number of halogens is 1. The lowest BCUT2D eigenvalue weighted by Gasteiger charge is -2.08. The van der Waals surface area contributed by atoms with Crippen LogP contribution in [0.2, 0.25) is 0 Å². The Kier molecular flexibility index (Phi) is 3.16. The number of rotatable bonds is 3. The van der Waals surface area contributed by atoms with Crippen LogP contribution in [0.1, 0.15) is 0 Å². The minimum atomic E-state index is -0.359. The third-order valence-electron chi connectivity index (χ3n) is 2.96. The Morgan fingerprint density at radius 3 is 2.70 bits per heavy atom. The smallest absolute Gasteiger partial charge is 0.153 e. The van der Waals surface area contributed by atoms with E-state index in [1.54, 1.807) is 35.3 Å². The predicted molar refractivity (Wildman–Crippen MR) is 73.3 cm³/mol. The largest absolute Gasteiger partial charge is 0.497 e. The highest BCUT2D eigenvalue weighted by atomic mass is 19.1. The van der Waals surface area contributed by atoms with Crippen LogP contribution in [0.3, 0.4) is 0 Å². The van der Waals surface area contributed by atoms with Crippen molar-refractivity contribution in [2.75, 3.05) is 7.11 Å². The van der Waals surface area contributed by atoms with Gasteiger partial charge in [-0.3, -0.25) is 0 Å². The zero-order valence-electron chi connectivity index (χ0n) is 10.8. The molecule has 2 heterocycles. The third-order valence-corrected chi connectivity index (χ3v) is 2.96. The molecule has 0 radical (unpaired) electrons. The van der Waals surface area contributed by atoms with E-state index < -0.39 is 0 Å². The molecule has 1 aromatic carbocycles. The first kappa shape index (κ1) is 12.3. The fraction of sp³-hybridized carbons (Fsp3) is 0.0667. The first-order valence-corrected chi connectivity index (χ1v) is 6.09. The number of hydrogen-bond donors (Lipinski definition) is 0. The summed E-state index contributed by atoms with van der Waals surface area (Å²) in [5, 5.41) is 4.20. The number of aromatic nitrogens is 3. The summed E-state index contributed by atoms with van der Waals surface area (Å²) < 4.78 is 20.8. The highest BCUT2D eigenvalue weighted by molar-refractivity contribution is 5.63. The summed E-state index contributed by atoms with van der Waals surface area (Å²) in [4.78, 5) is 4.22. The number of nitrogens with zero attached hydrogens (tertiary/aromatic N) is 3. The van der Waals surface area contributed by atoms with Gasteiger partial charge in [0.05, 0.1) is 19.0 Å². The van der Waals surface area contributed by atoms with Crippen LogP contribution in [0.15, 0.2) is 54.9 Å². The summed E-state index contributed by atoms with van der Waals surface area (Å²) in [6, 6.07) is 12.0. The van der Waals surface area contributed by atoms with Crippen molar-refractivity contribution in [1.29, 1.82) is 0 Å². The first-order valence-electron chi connectivity index (χ1n) is 6.09. The highest BCUT2D eigenvalue weighted by Crippen LogP contribution is 2.27. The lowest BCUT2D eigenvalue weighted by atomic mass is 10.1. The SMILES string of the molecule is COc1ccc(-c2ccnn2-c2ccccn2)c(F)c1. The Labute approximate surface area is 115 Å². The van der Waals surface area contributed by atoms with E-state index in [-0.39, 0.29) is 5.82 Å². The van der Waals surface area contributed by atoms with Crippen molar-refractivity contribution in [2.24, 2.45) is 0 Å². The molecule has 0 bridgehead atoms. The molecule has 5 heteroatoms. The minimum absolute atomic E-state index is 0.359. The van der Waals surface area contributed by atoms with Crippen molar-refractivity contribution in [3.63, 3.8) is 0 Å². The molecule has 0 N–H and O–H groups in total. The van der Waals surface area contributed by atoms with Crippen molar-refractivity contribution in [1.82, 2.24) is 14.8 Å². The molecule has 0 unspecified atom stereocenters. The summed E-state index contributed by atoms with van der Waals surface area (Å²) in [7, 11) is 1.51. The van der Waals surface area contributed by atoms with Crippen LogP contribution in [-0.4, -0.2) is 21.9 Å². The lowest BCUT2D eigenvalue weighted by molar-refractivity contribution is 0.411. The van der Waals surface area contributed by atoms with E-state index in [1.807, 2.05) is 18.2 Å². The van der Waals surface area contributed by atoms with Crippen LogP contribution in [0, 0.1) is 5.82 Å². The molecular weight excluding hydrogens is 257 g/mol. The zero-order valence-corrected chi connectivity index (χ0v) is 10.8.